The van der Waals surface area contributed by atoms with Crippen molar-refractivity contribution in [2.24, 2.45) is 0 Å². The Kier molecular flexibility index (Phi) is 2.00. The van der Waals surface area contributed by atoms with Crippen LogP contribution < -0.4 is 10.1 Å². The molecule has 2 heteroatoms. The Labute approximate surface area is 72.5 Å². The molecule has 2 atom stereocenters. The van der Waals surface area contributed by atoms with Crippen LogP contribution in [-0.2, 0) is 0 Å². The molecule has 0 radical (unpaired) electrons. The minimum absolute atomic E-state index is 0.354. The zero-order valence-electron chi connectivity index (χ0n) is 7.16. The van der Waals surface area contributed by atoms with E-state index in [0.717, 1.165) is 12.3 Å². The Morgan fingerprint density at radius 1 is 1.33 bits per heavy atom. The van der Waals surface area contributed by atoms with E-state index in [2.05, 4.69) is 12.2 Å². The molecule has 0 aromatic heterocycles. The summed E-state index contributed by atoms with van der Waals surface area (Å²) < 4.78 is 5.70. The smallest absolute Gasteiger partial charge is 0.126 e. The number of hydrogen-bond acceptors (Lipinski definition) is 2. The summed E-state index contributed by atoms with van der Waals surface area (Å²) in [5, 5.41) is 3.25. The zero-order chi connectivity index (χ0) is 8.39. The largest absolute Gasteiger partial charge is 0.487 e. The number of benzene rings is 1. The minimum Gasteiger partial charge on any atom is -0.487 e. The maximum absolute atomic E-state index is 5.70. The topological polar surface area (TPSA) is 21.3 Å². The molecule has 2 rings (SSSR count). The lowest BCUT2D eigenvalue weighted by Gasteiger charge is -2.35. The van der Waals surface area contributed by atoms with E-state index < -0.39 is 0 Å². The Morgan fingerprint density at radius 2 is 2.08 bits per heavy atom. The maximum atomic E-state index is 5.70. The summed E-state index contributed by atoms with van der Waals surface area (Å²) in [6.07, 6.45) is 0.354. The van der Waals surface area contributed by atoms with E-state index >= 15 is 0 Å². The van der Waals surface area contributed by atoms with Crippen molar-refractivity contribution >= 4 is 0 Å². The first-order valence-corrected chi connectivity index (χ1v) is 4.31. The van der Waals surface area contributed by atoms with E-state index in [4.69, 9.17) is 4.74 Å². The Bertz CT molecular complexity index is 247. The third kappa shape index (κ3) is 1.43. The van der Waals surface area contributed by atoms with Crippen molar-refractivity contribution in [3.63, 3.8) is 0 Å². The van der Waals surface area contributed by atoms with Gasteiger partial charge in [0.25, 0.3) is 0 Å². The molecule has 1 aliphatic heterocycles. The van der Waals surface area contributed by atoms with Crippen molar-refractivity contribution in [3.05, 3.63) is 30.3 Å². The van der Waals surface area contributed by atoms with Crippen LogP contribution in [0.4, 0.5) is 0 Å². The van der Waals surface area contributed by atoms with Crippen molar-refractivity contribution < 1.29 is 4.74 Å². The second-order valence-electron chi connectivity index (χ2n) is 3.17. The molecule has 1 fully saturated rings. The second-order valence-corrected chi connectivity index (χ2v) is 3.17. The second kappa shape index (κ2) is 3.15. The van der Waals surface area contributed by atoms with Crippen LogP contribution in [-0.4, -0.2) is 18.7 Å². The molecular formula is C10H13NO. The molecule has 1 saturated heterocycles. The highest BCUT2D eigenvalue weighted by molar-refractivity contribution is 5.21. The van der Waals surface area contributed by atoms with Gasteiger partial charge in [0.05, 0.1) is 0 Å². The highest BCUT2D eigenvalue weighted by Gasteiger charge is 2.27. The molecule has 64 valence electrons. The summed E-state index contributed by atoms with van der Waals surface area (Å²) in [5.41, 5.74) is 0. The first kappa shape index (κ1) is 7.62. The number of para-hydroxylation sites is 1. The summed E-state index contributed by atoms with van der Waals surface area (Å²) in [7, 11) is 0. The molecule has 0 saturated carbocycles. The van der Waals surface area contributed by atoms with Crippen LogP contribution >= 0.6 is 0 Å². The lowest BCUT2D eigenvalue weighted by Crippen LogP contribution is -2.58. The van der Waals surface area contributed by atoms with Crippen LogP contribution in [0.3, 0.4) is 0 Å². The van der Waals surface area contributed by atoms with Gasteiger partial charge >= 0.3 is 0 Å². The summed E-state index contributed by atoms with van der Waals surface area (Å²) >= 11 is 0. The highest BCUT2D eigenvalue weighted by atomic mass is 16.5. The fourth-order valence-corrected chi connectivity index (χ4v) is 1.27. The highest BCUT2D eigenvalue weighted by Crippen LogP contribution is 2.15. The summed E-state index contributed by atoms with van der Waals surface area (Å²) in [6, 6.07) is 10.5. The van der Waals surface area contributed by atoms with Crippen LogP contribution in [0.2, 0.25) is 0 Å². The van der Waals surface area contributed by atoms with Gasteiger partial charge in [-0.05, 0) is 19.1 Å². The molecule has 1 aliphatic rings. The van der Waals surface area contributed by atoms with Crippen molar-refractivity contribution in [3.8, 4) is 5.75 Å². The van der Waals surface area contributed by atoms with Gasteiger partial charge in [-0.25, -0.2) is 0 Å². The third-order valence-electron chi connectivity index (χ3n) is 2.23. The Balaban J connectivity index is 1.95. The molecule has 0 spiro atoms. The fourth-order valence-electron chi connectivity index (χ4n) is 1.27. The van der Waals surface area contributed by atoms with E-state index in [0.29, 0.717) is 12.1 Å². The first-order chi connectivity index (χ1) is 5.86. The zero-order valence-corrected chi connectivity index (χ0v) is 7.16. The Hall–Kier alpha value is -1.02. The van der Waals surface area contributed by atoms with Gasteiger partial charge in [-0.2, -0.15) is 0 Å². The molecule has 0 unspecified atom stereocenters. The van der Waals surface area contributed by atoms with E-state index in [1.165, 1.54) is 0 Å². The van der Waals surface area contributed by atoms with Crippen LogP contribution in [0, 0.1) is 0 Å². The summed E-state index contributed by atoms with van der Waals surface area (Å²) in [4.78, 5) is 0. The van der Waals surface area contributed by atoms with Gasteiger partial charge < -0.3 is 10.1 Å². The quantitative estimate of drug-likeness (QED) is 0.712. The third-order valence-corrected chi connectivity index (χ3v) is 2.23. The number of rotatable bonds is 2. The van der Waals surface area contributed by atoms with Gasteiger partial charge in [-0.15, -0.1) is 0 Å². The van der Waals surface area contributed by atoms with E-state index in [1.807, 2.05) is 30.3 Å². The molecular weight excluding hydrogens is 150 g/mol. The standard InChI is InChI=1S/C10H13NO/c1-8-10(7-11-8)12-9-5-3-2-4-6-9/h2-6,8,10-11H,7H2,1H3/t8-,10+/m1/s1. The van der Waals surface area contributed by atoms with Crippen molar-refractivity contribution in [1.82, 2.24) is 5.32 Å². The fraction of sp³-hybridized carbons (Fsp3) is 0.400. The van der Waals surface area contributed by atoms with Gasteiger partial charge in [-0.1, -0.05) is 18.2 Å². The number of hydrogen-bond donors (Lipinski definition) is 1. The monoisotopic (exact) mass is 163 g/mol. The van der Waals surface area contributed by atoms with Gasteiger partial charge in [0, 0.05) is 12.6 Å². The molecule has 0 amide bonds. The lowest BCUT2D eigenvalue weighted by atomic mass is 10.1. The average molecular weight is 163 g/mol. The minimum atomic E-state index is 0.354. The van der Waals surface area contributed by atoms with Crippen LogP contribution in [0.25, 0.3) is 0 Å². The van der Waals surface area contributed by atoms with Crippen LogP contribution in [0.15, 0.2) is 30.3 Å². The maximum Gasteiger partial charge on any atom is 0.126 e. The van der Waals surface area contributed by atoms with Gasteiger partial charge in [0.2, 0.25) is 0 Å². The van der Waals surface area contributed by atoms with E-state index in [9.17, 15) is 0 Å². The average Bonchev–Trinajstić information content (AvgIpc) is 2.14. The van der Waals surface area contributed by atoms with Gasteiger partial charge in [0.15, 0.2) is 0 Å². The van der Waals surface area contributed by atoms with Gasteiger partial charge in [-0.3, -0.25) is 0 Å². The Morgan fingerprint density at radius 3 is 2.58 bits per heavy atom. The van der Waals surface area contributed by atoms with Crippen LogP contribution in [0.1, 0.15) is 6.92 Å². The van der Waals surface area contributed by atoms with Crippen molar-refractivity contribution in [2.75, 3.05) is 6.54 Å². The molecule has 1 N–H and O–H groups in total. The van der Waals surface area contributed by atoms with E-state index in [-0.39, 0.29) is 0 Å². The normalized spacial score (nSPS) is 27.8. The van der Waals surface area contributed by atoms with E-state index in [1.54, 1.807) is 0 Å². The number of ether oxygens (including phenoxy) is 1. The first-order valence-electron chi connectivity index (χ1n) is 4.31. The predicted octanol–water partition coefficient (Wildman–Crippen LogP) is 1.43. The molecule has 2 nitrogen and oxygen atoms in total. The van der Waals surface area contributed by atoms with Gasteiger partial charge in [0.1, 0.15) is 11.9 Å². The molecule has 12 heavy (non-hydrogen) atoms. The van der Waals surface area contributed by atoms with Crippen molar-refractivity contribution in [1.29, 1.82) is 0 Å². The molecule has 0 aliphatic carbocycles. The molecule has 1 heterocycles. The summed E-state index contributed by atoms with van der Waals surface area (Å²) in [6.45, 7) is 3.10. The molecule has 0 bridgehead atoms. The van der Waals surface area contributed by atoms with Crippen LogP contribution in [0.5, 0.6) is 5.75 Å². The summed E-state index contributed by atoms with van der Waals surface area (Å²) in [5.74, 6) is 0.968. The number of nitrogens with one attached hydrogen (secondary N) is 1. The lowest BCUT2D eigenvalue weighted by molar-refractivity contribution is 0.0939. The molecule has 1 aromatic rings. The predicted molar refractivity (Wildman–Crippen MR) is 48.3 cm³/mol. The SMILES string of the molecule is C[C@H]1NC[C@@H]1Oc1ccccc1. The molecule has 1 aromatic carbocycles. The van der Waals surface area contributed by atoms with Crippen molar-refractivity contribution in [2.45, 2.75) is 19.1 Å².